The minimum atomic E-state index is -0.823. The normalized spacial score (nSPS) is 32.2. The van der Waals surface area contributed by atoms with Gasteiger partial charge in [-0.3, -0.25) is 0 Å². The average molecular weight is 324 g/mol. The van der Waals surface area contributed by atoms with Crippen LogP contribution in [0.3, 0.4) is 0 Å². The predicted molar refractivity (Wildman–Crippen MR) is 86.3 cm³/mol. The Morgan fingerprint density at radius 3 is 0.895 bits per heavy atom. The summed E-state index contributed by atoms with van der Waals surface area (Å²) in [5, 5.41) is 0. The molecule has 0 aliphatic heterocycles. The molecule has 110 valence electrons. The van der Waals surface area contributed by atoms with E-state index in [1.165, 1.54) is 38.5 Å². The molecule has 1 heteroatoms. The van der Waals surface area contributed by atoms with E-state index in [1.807, 2.05) is 0 Å². The molecule has 0 aromatic carbocycles. The zero-order valence-corrected chi connectivity index (χ0v) is 15.3. The van der Waals surface area contributed by atoms with Crippen molar-refractivity contribution in [1.29, 1.82) is 0 Å². The topological polar surface area (TPSA) is 0 Å². The average Bonchev–Trinajstić information content (AvgIpc) is 3.03. The van der Waals surface area contributed by atoms with Crippen molar-refractivity contribution in [2.24, 2.45) is 0 Å². The first-order valence-corrected chi connectivity index (χ1v) is 11.6. The second-order valence-corrected chi connectivity index (χ2v) is 16.7. The van der Waals surface area contributed by atoms with Gasteiger partial charge in [0.15, 0.2) is 0 Å². The summed E-state index contributed by atoms with van der Waals surface area (Å²) in [5.41, 5.74) is 0. The van der Waals surface area contributed by atoms with E-state index in [2.05, 4.69) is 20.8 Å². The molecule has 19 heavy (non-hydrogen) atoms. The Morgan fingerprint density at radius 1 is 0.474 bits per heavy atom. The molecule has 0 unspecified atom stereocenters. The summed E-state index contributed by atoms with van der Waals surface area (Å²) < 4.78 is 2.43. The van der Waals surface area contributed by atoms with Crippen LogP contribution in [0.15, 0.2) is 0 Å². The molecular formula is C18H33As. The first-order chi connectivity index (χ1) is 8.99. The molecule has 3 aliphatic rings. The summed E-state index contributed by atoms with van der Waals surface area (Å²) in [6.45, 7) is 8.19. The molecule has 0 aromatic rings. The van der Waals surface area contributed by atoms with Crippen LogP contribution in [0.2, 0.25) is 12.6 Å². The number of rotatable bonds is 3. The monoisotopic (exact) mass is 324 g/mol. The van der Waals surface area contributed by atoms with E-state index in [4.69, 9.17) is 0 Å². The van der Waals surface area contributed by atoms with Crippen LogP contribution in [0, 0.1) is 0 Å². The van der Waals surface area contributed by atoms with Crippen molar-refractivity contribution in [2.45, 2.75) is 110 Å². The molecular weight excluding hydrogens is 291 g/mol. The Bertz CT molecular complexity index is 262. The van der Waals surface area contributed by atoms with Gasteiger partial charge in [-0.25, -0.2) is 0 Å². The zero-order chi connectivity index (χ0) is 13.6. The Kier molecular flexibility index (Phi) is 3.88. The fourth-order valence-electron chi connectivity index (χ4n) is 6.04. The van der Waals surface area contributed by atoms with E-state index >= 15 is 0 Å². The Balaban J connectivity index is 1.95. The standard InChI is InChI=1S/C18H33As/c1-16(10-4-5-11-16)19(17(2)12-6-7-13-17)18(3)14-8-9-15-18/h4-15H2,1-3H3. The van der Waals surface area contributed by atoms with Crippen molar-refractivity contribution >= 4 is 14.7 Å². The molecule has 0 saturated heterocycles. The van der Waals surface area contributed by atoms with Gasteiger partial charge in [-0.1, -0.05) is 0 Å². The van der Waals surface area contributed by atoms with E-state index in [9.17, 15) is 0 Å². The quantitative estimate of drug-likeness (QED) is 0.521. The molecule has 0 spiro atoms. The second kappa shape index (κ2) is 5.08. The summed E-state index contributed by atoms with van der Waals surface area (Å²) in [5.74, 6) is 0. The van der Waals surface area contributed by atoms with Gasteiger partial charge in [0.1, 0.15) is 0 Å². The first kappa shape index (κ1) is 14.5. The molecule has 0 N–H and O–H groups in total. The molecule has 3 saturated carbocycles. The van der Waals surface area contributed by atoms with Gasteiger partial charge in [-0.15, -0.1) is 0 Å². The summed E-state index contributed by atoms with van der Waals surface area (Å²) >= 11 is -0.823. The van der Waals surface area contributed by atoms with Crippen molar-refractivity contribution in [3.63, 3.8) is 0 Å². The molecule has 0 heterocycles. The third-order valence-electron chi connectivity index (χ3n) is 6.66. The van der Waals surface area contributed by atoms with Crippen LogP contribution in [0.1, 0.15) is 97.8 Å². The fraction of sp³-hybridized carbons (Fsp3) is 1.00. The molecule has 3 rings (SSSR count). The molecule has 0 radical (unpaired) electrons. The summed E-state index contributed by atoms with van der Waals surface area (Å²) in [4.78, 5) is 0. The number of hydrogen-bond donors (Lipinski definition) is 0. The molecule has 0 amide bonds. The van der Waals surface area contributed by atoms with Gasteiger partial charge >= 0.3 is 125 Å². The van der Waals surface area contributed by atoms with Crippen LogP contribution in [-0.4, -0.2) is 14.7 Å². The maximum absolute atomic E-state index is 2.73. The van der Waals surface area contributed by atoms with E-state index in [0.717, 1.165) is 12.6 Å². The van der Waals surface area contributed by atoms with Gasteiger partial charge in [-0.2, -0.15) is 0 Å². The van der Waals surface area contributed by atoms with Crippen molar-refractivity contribution in [2.75, 3.05) is 0 Å². The Morgan fingerprint density at radius 2 is 0.684 bits per heavy atom. The third kappa shape index (κ3) is 2.45. The van der Waals surface area contributed by atoms with Crippen LogP contribution >= 0.6 is 0 Å². The molecule has 0 aromatic heterocycles. The summed E-state index contributed by atoms with van der Waals surface area (Å²) in [6, 6.07) is 0. The molecule has 0 bridgehead atoms. The van der Waals surface area contributed by atoms with Gasteiger partial charge in [-0.05, 0) is 0 Å². The van der Waals surface area contributed by atoms with Crippen molar-refractivity contribution in [3.05, 3.63) is 0 Å². The van der Waals surface area contributed by atoms with Crippen LogP contribution in [-0.2, 0) is 0 Å². The second-order valence-electron chi connectivity index (χ2n) is 8.45. The maximum atomic E-state index is 2.73. The summed E-state index contributed by atoms with van der Waals surface area (Å²) in [6.07, 6.45) is 18.7. The molecule has 0 nitrogen and oxygen atoms in total. The minimum absolute atomic E-state index is 0.811. The van der Waals surface area contributed by atoms with Crippen LogP contribution < -0.4 is 0 Å². The van der Waals surface area contributed by atoms with Gasteiger partial charge in [0.2, 0.25) is 0 Å². The van der Waals surface area contributed by atoms with E-state index in [1.54, 1.807) is 38.5 Å². The van der Waals surface area contributed by atoms with E-state index in [0.29, 0.717) is 0 Å². The molecule has 3 fully saturated rings. The Labute approximate surface area is 125 Å². The van der Waals surface area contributed by atoms with Crippen molar-refractivity contribution < 1.29 is 0 Å². The third-order valence-corrected chi connectivity index (χ3v) is 16.3. The van der Waals surface area contributed by atoms with E-state index in [-0.39, 0.29) is 0 Å². The van der Waals surface area contributed by atoms with Gasteiger partial charge in [0, 0.05) is 0 Å². The summed E-state index contributed by atoms with van der Waals surface area (Å²) in [7, 11) is 0. The fourth-order valence-corrected chi connectivity index (χ4v) is 19.0. The van der Waals surface area contributed by atoms with Crippen LogP contribution in [0.4, 0.5) is 0 Å². The van der Waals surface area contributed by atoms with Crippen molar-refractivity contribution in [3.8, 4) is 0 Å². The van der Waals surface area contributed by atoms with Gasteiger partial charge in [0.25, 0.3) is 0 Å². The van der Waals surface area contributed by atoms with Crippen LogP contribution in [0.5, 0.6) is 0 Å². The van der Waals surface area contributed by atoms with E-state index < -0.39 is 14.7 Å². The van der Waals surface area contributed by atoms with Gasteiger partial charge in [0.05, 0.1) is 0 Å². The molecule has 3 aliphatic carbocycles. The Hall–Kier alpha value is 0.558. The number of hydrogen-bond acceptors (Lipinski definition) is 0. The van der Waals surface area contributed by atoms with Crippen molar-refractivity contribution in [1.82, 2.24) is 0 Å². The molecule has 0 atom stereocenters. The van der Waals surface area contributed by atoms with Crippen LogP contribution in [0.25, 0.3) is 0 Å². The SMILES string of the molecule is CC1([As](C2(C)CCCC2)C2(C)CCCC2)CCCC1. The van der Waals surface area contributed by atoms with Gasteiger partial charge < -0.3 is 0 Å². The zero-order valence-electron chi connectivity index (χ0n) is 13.4. The first-order valence-electron chi connectivity index (χ1n) is 8.79. The predicted octanol–water partition coefficient (Wildman–Crippen LogP) is 6.48.